The van der Waals surface area contributed by atoms with Crippen LogP contribution in [0, 0.1) is 0 Å². The van der Waals surface area contributed by atoms with E-state index in [1.165, 1.54) is 11.8 Å². The first-order chi connectivity index (χ1) is 8.62. The first-order valence-electron chi connectivity index (χ1n) is 6.16. The highest BCUT2D eigenvalue weighted by molar-refractivity contribution is 7.99. The van der Waals surface area contributed by atoms with Gasteiger partial charge in [0.2, 0.25) is 0 Å². The summed E-state index contributed by atoms with van der Waals surface area (Å²) in [5, 5.41) is 4.06. The van der Waals surface area contributed by atoms with E-state index < -0.39 is 5.54 Å². The van der Waals surface area contributed by atoms with Gasteiger partial charge in [-0.15, -0.1) is 0 Å². The molecule has 0 aliphatic carbocycles. The number of aromatic amines is 1. The van der Waals surface area contributed by atoms with Gasteiger partial charge in [0.25, 0.3) is 0 Å². The Morgan fingerprint density at radius 1 is 1.61 bits per heavy atom. The van der Waals surface area contributed by atoms with Crippen LogP contribution in [-0.4, -0.2) is 40.4 Å². The number of nitrogens with one attached hydrogen (secondary N) is 2. The van der Waals surface area contributed by atoms with Gasteiger partial charge in [0.05, 0.1) is 6.61 Å². The Kier molecular flexibility index (Phi) is 6.21. The lowest BCUT2D eigenvalue weighted by Gasteiger charge is -2.27. The summed E-state index contributed by atoms with van der Waals surface area (Å²) < 4.78 is 5.13. The van der Waals surface area contributed by atoms with E-state index in [1.54, 1.807) is 12.4 Å². The Hall–Kier alpha value is -1.01. The van der Waals surface area contributed by atoms with Crippen molar-refractivity contribution in [1.29, 1.82) is 0 Å². The molecule has 0 bridgehead atoms. The van der Waals surface area contributed by atoms with Crippen molar-refractivity contribution < 1.29 is 9.53 Å². The van der Waals surface area contributed by atoms with Crippen molar-refractivity contribution in [2.75, 3.05) is 18.9 Å². The Labute approximate surface area is 112 Å². The number of nitrogens with zero attached hydrogens (tertiary/aromatic N) is 1. The maximum atomic E-state index is 12.0. The number of hydrogen-bond acceptors (Lipinski definition) is 5. The van der Waals surface area contributed by atoms with Crippen LogP contribution in [0.5, 0.6) is 0 Å². The molecule has 0 saturated heterocycles. The zero-order chi connectivity index (χ0) is 13.4. The molecule has 18 heavy (non-hydrogen) atoms. The second kappa shape index (κ2) is 7.43. The first kappa shape index (κ1) is 15.0. The first-order valence-corrected chi connectivity index (χ1v) is 7.15. The molecule has 1 aromatic heterocycles. The smallest absolute Gasteiger partial charge is 0.326 e. The lowest BCUT2D eigenvalue weighted by Crippen LogP contribution is -2.52. The second-order valence-electron chi connectivity index (χ2n) is 4.16. The predicted molar refractivity (Wildman–Crippen MR) is 72.6 cm³/mol. The molecule has 5 nitrogen and oxygen atoms in total. The van der Waals surface area contributed by atoms with Crippen LogP contribution in [0.1, 0.15) is 27.2 Å². The lowest BCUT2D eigenvalue weighted by molar-refractivity contribution is -0.149. The largest absolute Gasteiger partial charge is 0.465 e. The summed E-state index contributed by atoms with van der Waals surface area (Å²) >= 11 is 1.51. The third-order valence-electron chi connectivity index (χ3n) is 2.46. The monoisotopic (exact) mass is 271 g/mol. The van der Waals surface area contributed by atoms with E-state index >= 15 is 0 Å². The fraction of sp³-hybridized carbons (Fsp3) is 0.667. The number of ether oxygens (including phenoxy) is 1. The van der Waals surface area contributed by atoms with Crippen molar-refractivity contribution in [2.45, 2.75) is 37.9 Å². The fourth-order valence-electron chi connectivity index (χ4n) is 1.42. The number of H-pyrrole nitrogens is 1. The maximum Gasteiger partial charge on any atom is 0.326 e. The normalized spacial score (nSPS) is 14.2. The molecule has 0 aliphatic heterocycles. The summed E-state index contributed by atoms with van der Waals surface area (Å²) in [6.07, 6.45) is 4.44. The highest BCUT2D eigenvalue weighted by Crippen LogP contribution is 2.20. The molecule has 0 aromatic carbocycles. The summed E-state index contributed by atoms with van der Waals surface area (Å²) in [5.41, 5.74) is -0.677. The van der Waals surface area contributed by atoms with Crippen LogP contribution in [0.15, 0.2) is 17.6 Å². The SMILES string of the molecule is CCCNC(C)(CSc1ncc[nH]1)C(=O)OCC. The third kappa shape index (κ3) is 4.34. The second-order valence-corrected chi connectivity index (χ2v) is 5.13. The molecule has 0 radical (unpaired) electrons. The summed E-state index contributed by atoms with van der Waals surface area (Å²) in [5.74, 6) is 0.372. The maximum absolute atomic E-state index is 12.0. The van der Waals surface area contributed by atoms with Gasteiger partial charge in [0.15, 0.2) is 5.16 Å². The van der Waals surface area contributed by atoms with E-state index in [9.17, 15) is 4.79 Å². The van der Waals surface area contributed by atoms with Gasteiger partial charge >= 0.3 is 5.97 Å². The van der Waals surface area contributed by atoms with Crippen LogP contribution in [0.3, 0.4) is 0 Å². The Morgan fingerprint density at radius 2 is 2.39 bits per heavy atom. The van der Waals surface area contributed by atoms with Crippen LogP contribution in [0.25, 0.3) is 0 Å². The van der Waals surface area contributed by atoms with Crippen molar-refractivity contribution in [1.82, 2.24) is 15.3 Å². The average Bonchev–Trinajstić information content (AvgIpc) is 2.87. The van der Waals surface area contributed by atoms with E-state index in [0.29, 0.717) is 12.4 Å². The van der Waals surface area contributed by atoms with Crippen molar-refractivity contribution >= 4 is 17.7 Å². The van der Waals surface area contributed by atoms with E-state index in [2.05, 4.69) is 22.2 Å². The zero-order valence-corrected chi connectivity index (χ0v) is 12.0. The van der Waals surface area contributed by atoms with Crippen LogP contribution in [0.4, 0.5) is 0 Å². The number of thioether (sulfide) groups is 1. The van der Waals surface area contributed by atoms with Crippen molar-refractivity contribution in [3.05, 3.63) is 12.4 Å². The van der Waals surface area contributed by atoms with Crippen molar-refractivity contribution in [3.8, 4) is 0 Å². The molecule has 0 saturated carbocycles. The summed E-state index contributed by atoms with van der Waals surface area (Å²) in [7, 11) is 0. The minimum Gasteiger partial charge on any atom is -0.465 e. The summed E-state index contributed by atoms with van der Waals surface area (Å²) in [4.78, 5) is 19.1. The number of imidazole rings is 1. The number of rotatable bonds is 8. The molecule has 1 aromatic rings. The number of aromatic nitrogens is 2. The van der Waals surface area contributed by atoms with Crippen LogP contribution >= 0.6 is 11.8 Å². The van der Waals surface area contributed by atoms with Crippen LogP contribution in [-0.2, 0) is 9.53 Å². The molecule has 1 unspecified atom stereocenters. The van der Waals surface area contributed by atoms with E-state index in [1.807, 2.05) is 13.8 Å². The Balaban J connectivity index is 2.61. The molecule has 0 aliphatic rings. The predicted octanol–water partition coefficient (Wildman–Crippen LogP) is 1.82. The third-order valence-corrected chi connectivity index (χ3v) is 3.68. The highest BCUT2D eigenvalue weighted by Gasteiger charge is 2.34. The van der Waals surface area contributed by atoms with Crippen LogP contribution in [0.2, 0.25) is 0 Å². The standard InChI is InChI=1S/C12H21N3O2S/c1-4-6-15-12(3,10(16)17-5-2)9-18-11-13-7-8-14-11/h7-8,15H,4-6,9H2,1-3H3,(H,13,14). The number of hydrogen-bond donors (Lipinski definition) is 2. The quantitative estimate of drug-likeness (QED) is 0.557. The van der Waals surface area contributed by atoms with Crippen LogP contribution < -0.4 is 5.32 Å². The average molecular weight is 271 g/mol. The molecule has 0 spiro atoms. The minimum absolute atomic E-state index is 0.211. The summed E-state index contributed by atoms with van der Waals surface area (Å²) in [6.45, 7) is 6.94. The fourth-order valence-corrected chi connectivity index (χ4v) is 2.35. The molecule has 2 N–H and O–H groups in total. The molecular weight excluding hydrogens is 250 g/mol. The van der Waals surface area contributed by atoms with Gasteiger partial charge in [-0.2, -0.15) is 0 Å². The molecule has 1 heterocycles. The number of esters is 1. The molecule has 0 fully saturated rings. The van der Waals surface area contributed by atoms with E-state index in [0.717, 1.165) is 18.1 Å². The molecular formula is C12H21N3O2S. The molecule has 0 amide bonds. The Morgan fingerprint density at radius 3 is 2.94 bits per heavy atom. The summed E-state index contributed by atoms with van der Waals surface area (Å²) in [6, 6.07) is 0. The highest BCUT2D eigenvalue weighted by atomic mass is 32.2. The molecule has 6 heteroatoms. The number of carbonyl (C=O) groups is 1. The van der Waals surface area contributed by atoms with Gasteiger partial charge in [-0.05, 0) is 26.8 Å². The van der Waals surface area contributed by atoms with Crippen molar-refractivity contribution in [2.24, 2.45) is 0 Å². The van der Waals surface area contributed by atoms with Gasteiger partial charge in [-0.25, -0.2) is 4.98 Å². The lowest BCUT2D eigenvalue weighted by atomic mass is 10.1. The van der Waals surface area contributed by atoms with Gasteiger partial charge in [-0.3, -0.25) is 4.79 Å². The van der Waals surface area contributed by atoms with Gasteiger partial charge in [0, 0.05) is 18.1 Å². The molecule has 1 atom stereocenters. The van der Waals surface area contributed by atoms with Gasteiger partial charge in [-0.1, -0.05) is 18.7 Å². The van der Waals surface area contributed by atoms with E-state index in [-0.39, 0.29) is 5.97 Å². The van der Waals surface area contributed by atoms with Gasteiger partial charge in [0.1, 0.15) is 5.54 Å². The zero-order valence-electron chi connectivity index (χ0n) is 11.2. The van der Waals surface area contributed by atoms with Crippen molar-refractivity contribution in [3.63, 3.8) is 0 Å². The molecule has 1 rings (SSSR count). The van der Waals surface area contributed by atoms with E-state index in [4.69, 9.17) is 4.74 Å². The topological polar surface area (TPSA) is 67.0 Å². The number of carbonyl (C=O) groups excluding carboxylic acids is 1. The minimum atomic E-state index is -0.677. The Bertz CT molecular complexity index is 356. The molecule has 102 valence electrons. The van der Waals surface area contributed by atoms with Gasteiger partial charge < -0.3 is 15.0 Å².